The van der Waals surface area contributed by atoms with Crippen LogP contribution in [-0.4, -0.2) is 15.6 Å². The van der Waals surface area contributed by atoms with E-state index in [1.165, 1.54) is 18.2 Å². The molecule has 1 N–H and O–H groups in total. The maximum absolute atomic E-state index is 12.2. The molecule has 0 atom stereocenters. The molecule has 3 rings (SSSR count). The van der Waals surface area contributed by atoms with Gasteiger partial charge in [0.1, 0.15) is 0 Å². The van der Waals surface area contributed by atoms with Gasteiger partial charge in [-0.25, -0.2) is 0 Å². The van der Waals surface area contributed by atoms with Gasteiger partial charge in [-0.05, 0) is 31.2 Å². The first-order chi connectivity index (χ1) is 11.5. The van der Waals surface area contributed by atoms with Gasteiger partial charge in [-0.1, -0.05) is 41.4 Å². The van der Waals surface area contributed by atoms with E-state index in [1.54, 1.807) is 4.57 Å². The lowest BCUT2D eigenvalue weighted by Crippen LogP contribution is -1.93. The lowest BCUT2D eigenvalue weighted by atomic mass is 10.2. The highest BCUT2D eigenvalue weighted by Crippen LogP contribution is 2.38. The van der Waals surface area contributed by atoms with E-state index in [0.717, 1.165) is 10.9 Å². The Morgan fingerprint density at radius 2 is 1.92 bits per heavy atom. The number of aryl methyl sites for hydroxylation is 1. The molecule has 24 heavy (non-hydrogen) atoms. The van der Waals surface area contributed by atoms with E-state index >= 15 is 0 Å². The summed E-state index contributed by atoms with van der Waals surface area (Å²) in [5.74, 6) is -0.592. The molecule has 122 valence electrons. The van der Waals surface area contributed by atoms with E-state index in [1.807, 2.05) is 31.2 Å². The SMILES string of the molecule is CCn1c(O)c(N=NC(=O)c2ccc(Cl)c(Cl)c2)c2ccccc21. The van der Waals surface area contributed by atoms with Crippen LogP contribution < -0.4 is 0 Å². The van der Waals surface area contributed by atoms with Gasteiger partial charge in [0.25, 0.3) is 5.91 Å². The summed E-state index contributed by atoms with van der Waals surface area (Å²) >= 11 is 11.7. The summed E-state index contributed by atoms with van der Waals surface area (Å²) in [4.78, 5) is 12.2. The summed E-state index contributed by atoms with van der Waals surface area (Å²) in [6.07, 6.45) is 0. The minimum Gasteiger partial charge on any atom is -0.493 e. The maximum Gasteiger partial charge on any atom is 0.295 e. The Hall–Kier alpha value is -2.37. The second-order valence-electron chi connectivity index (χ2n) is 5.07. The van der Waals surface area contributed by atoms with Crippen molar-refractivity contribution in [2.24, 2.45) is 10.2 Å². The number of halogens is 2. The fourth-order valence-corrected chi connectivity index (χ4v) is 2.77. The van der Waals surface area contributed by atoms with Crippen molar-refractivity contribution in [1.82, 2.24) is 4.57 Å². The Morgan fingerprint density at radius 3 is 2.62 bits per heavy atom. The van der Waals surface area contributed by atoms with Crippen molar-refractivity contribution in [1.29, 1.82) is 0 Å². The van der Waals surface area contributed by atoms with Gasteiger partial charge in [0.2, 0.25) is 5.88 Å². The topological polar surface area (TPSA) is 66.9 Å². The molecule has 0 aliphatic carbocycles. The molecule has 0 spiro atoms. The summed E-state index contributed by atoms with van der Waals surface area (Å²) < 4.78 is 1.70. The van der Waals surface area contributed by atoms with Crippen molar-refractivity contribution in [2.75, 3.05) is 0 Å². The number of rotatable bonds is 3. The summed E-state index contributed by atoms with van der Waals surface area (Å²) in [5.41, 5.74) is 1.36. The van der Waals surface area contributed by atoms with Crippen molar-refractivity contribution in [3.05, 3.63) is 58.1 Å². The van der Waals surface area contributed by atoms with E-state index in [0.29, 0.717) is 11.6 Å². The molecule has 5 nitrogen and oxygen atoms in total. The van der Waals surface area contributed by atoms with Crippen LogP contribution in [-0.2, 0) is 6.54 Å². The van der Waals surface area contributed by atoms with Gasteiger partial charge < -0.3 is 9.67 Å². The van der Waals surface area contributed by atoms with Crippen molar-refractivity contribution < 1.29 is 9.90 Å². The minimum atomic E-state index is -0.568. The van der Waals surface area contributed by atoms with Crippen LogP contribution in [0.2, 0.25) is 10.0 Å². The van der Waals surface area contributed by atoms with Crippen molar-refractivity contribution in [2.45, 2.75) is 13.5 Å². The third kappa shape index (κ3) is 2.88. The first-order valence-corrected chi connectivity index (χ1v) is 7.99. The van der Waals surface area contributed by atoms with Crippen molar-refractivity contribution in [3.8, 4) is 5.88 Å². The predicted octanol–water partition coefficient (Wildman–Crippen LogP) is 5.60. The number of aromatic hydroxyl groups is 1. The first-order valence-electron chi connectivity index (χ1n) is 7.24. The van der Waals surface area contributed by atoms with E-state index < -0.39 is 5.91 Å². The Morgan fingerprint density at radius 1 is 1.17 bits per heavy atom. The van der Waals surface area contributed by atoms with Crippen LogP contribution >= 0.6 is 23.2 Å². The summed E-state index contributed by atoms with van der Waals surface area (Å²) in [6.45, 7) is 2.48. The predicted molar refractivity (Wildman–Crippen MR) is 94.6 cm³/mol. The van der Waals surface area contributed by atoms with Crippen LogP contribution in [0.3, 0.4) is 0 Å². The molecule has 1 heterocycles. The highest BCUT2D eigenvalue weighted by atomic mass is 35.5. The smallest absolute Gasteiger partial charge is 0.295 e. The Labute approximate surface area is 148 Å². The van der Waals surface area contributed by atoms with Crippen LogP contribution in [0.4, 0.5) is 5.69 Å². The van der Waals surface area contributed by atoms with Gasteiger partial charge in [-0.15, -0.1) is 10.2 Å². The molecule has 0 saturated carbocycles. The van der Waals surface area contributed by atoms with Gasteiger partial charge in [0, 0.05) is 17.5 Å². The quantitative estimate of drug-likeness (QED) is 0.617. The molecule has 1 aromatic heterocycles. The molecule has 1 amide bonds. The summed E-state index contributed by atoms with van der Waals surface area (Å²) in [7, 11) is 0. The number of benzene rings is 2. The van der Waals surface area contributed by atoms with Crippen LogP contribution in [0, 0.1) is 0 Å². The zero-order valence-corrected chi connectivity index (χ0v) is 14.2. The number of hydrogen-bond donors (Lipinski definition) is 1. The van der Waals surface area contributed by atoms with E-state index in [9.17, 15) is 9.90 Å². The molecule has 0 fully saturated rings. The van der Waals surface area contributed by atoms with Gasteiger partial charge in [0.15, 0.2) is 5.69 Å². The zero-order valence-electron chi connectivity index (χ0n) is 12.7. The maximum atomic E-state index is 12.2. The van der Waals surface area contributed by atoms with E-state index in [4.69, 9.17) is 23.2 Å². The van der Waals surface area contributed by atoms with Gasteiger partial charge >= 0.3 is 0 Å². The van der Waals surface area contributed by atoms with Gasteiger partial charge in [-0.2, -0.15) is 0 Å². The van der Waals surface area contributed by atoms with Crippen LogP contribution in [0.25, 0.3) is 10.9 Å². The van der Waals surface area contributed by atoms with Crippen molar-refractivity contribution >= 4 is 45.7 Å². The molecule has 0 aliphatic rings. The molecule has 0 aliphatic heterocycles. The molecular weight excluding hydrogens is 349 g/mol. The number of para-hydroxylation sites is 1. The lowest BCUT2D eigenvalue weighted by Gasteiger charge is -2.01. The first kappa shape index (κ1) is 16.5. The number of carbonyl (C=O) groups is 1. The number of amides is 1. The summed E-state index contributed by atoms with van der Waals surface area (Å²) in [6, 6.07) is 11.9. The molecule has 7 heteroatoms. The molecule has 2 aromatic carbocycles. The van der Waals surface area contributed by atoms with E-state index in [-0.39, 0.29) is 22.2 Å². The number of fused-ring (bicyclic) bond motifs is 1. The number of azo groups is 1. The third-order valence-electron chi connectivity index (χ3n) is 3.64. The summed E-state index contributed by atoms with van der Waals surface area (Å²) in [5, 5.41) is 19.3. The number of aromatic nitrogens is 1. The van der Waals surface area contributed by atoms with Crippen LogP contribution in [0.5, 0.6) is 5.88 Å². The van der Waals surface area contributed by atoms with Gasteiger partial charge in [-0.3, -0.25) is 4.79 Å². The fourth-order valence-electron chi connectivity index (χ4n) is 2.47. The lowest BCUT2D eigenvalue weighted by molar-refractivity contribution is 0.0995. The highest BCUT2D eigenvalue weighted by molar-refractivity contribution is 6.42. The van der Waals surface area contributed by atoms with E-state index in [2.05, 4.69) is 10.2 Å². The molecule has 0 bridgehead atoms. The molecule has 0 saturated heterocycles. The number of hydrogen-bond acceptors (Lipinski definition) is 3. The highest BCUT2D eigenvalue weighted by Gasteiger charge is 2.16. The molecule has 0 radical (unpaired) electrons. The fraction of sp³-hybridized carbons (Fsp3) is 0.118. The number of nitrogens with zero attached hydrogens (tertiary/aromatic N) is 3. The monoisotopic (exact) mass is 361 g/mol. The Balaban J connectivity index is 2.00. The van der Waals surface area contributed by atoms with Crippen LogP contribution in [0.15, 0.2) is 52.7 Å². The third-order valence-corrected chi connectivity index (χ3v) is 4.38. The zero-order chi connectivity index (χ0) is 17.3. The second-order valence-corrected chi connectivity index (χ2v) is 5.88. The van der Waals surface area contributed by atoms with Gasteiger partial charge in [0.05, 0.1) is 15.6 Å². The average molecular weight is 362 g/mol. The second kappa shape index (κ2) is 6.63. The molecule has 3 aromatic rings. The molecular formula is C17H13Cl2N3O2. The minimum absolute atomic E-state index is 0.0237. The normalized spacial score (nSPS) is 11.5. The average Bonchev–Trinajstić information content (AvgIpc) is 2.86. The van der Waals surface area contributed by atoms with Crippen LogP contribution in [0.1, 0.15) is 17.3 Å². The Kier molecular flexibility index (Phi) is 4.55. The molecule has 0 unspecified atom stereocenters. The Bertz CT molecular complexity index is 964. The number of carbonyl (C=O) groups excluding carboxylic acids is 1. The van der Waals surface area contributed by atoms with Crippen molar-refractivity contribution in [3.63, 3.8) is 0 Å². The largest absolute Gasteiger partial charge is 0.493 e. The standard InChI is InChI=1S/C17H13Cl2N3O2/c1-2-22-14-6-4-3-5-11(14)15(17(22)24)20-21-16(23)10-7-8-12(18)13(19)9-10/h3-9,24H,2H2,1H3.